The third kappa shape index (κ3) is 5.13. The van der Waals surface area contributed by atoms with Gasteiger partial charge in [0, 0.05) is 29.4 Å². The van der Waals surface area contributed by atoms with Gasteiger partial charge in [-0.25, -0.2) is 14.4 Å². The van der Waals surface area contributed by atoms with E-state index in [1.807, 2.05) is 0 Å². The van der Waals surface area contributed by atoms with Crippen LogP contribution >= 0.6 is 0 Å². The predicted molar refractivity (Wildman–Crippen MR) is 112 cm³/mol. The van der Waals surface area contributed by atoms with Gasteiger partial charge in [-0.2, -0.15) is 13.2 Å². The first-order valence-corrected chi connectivity index (χ1v) is 10.3. The Kier molecular flexibility index (Phi) is 6.25. The van der Waals surface area contributed by atoms with Crippen LogP contribution in [0.25, 0.3) is 10.9 Å². The summed E-state index contributed by atoms with van der Waals surface area (Å²) in [6.07, 6.45) is 0.131. The highest BCUT2D eigenvalue weighted by molar-refractivity contribution is 5.94. The molecule has 1 unspecified atom stereocenters. The van der Waals surface area contributed by atoms with Crippen LogP contribution < -0.4 is 10.6 Å². The molecule has 1 fully saturated rings. The predicted octanol–water partition coefficient (Wildman–Crippen LogP) is 3.95. The van der Waals surface area contributed by atoms with E-state index in [4.69, 9.17) is 0 Å². The number of hydrogen-bond acceptors (Lipinski definition) is 5. The molecular formula is C22H22F4N4O2. The van der Waals surface area contributed by atoms with E-state index in [1.165, 1.54) is 18.3 Å². The monoisotopic (exact) mass is 450 g/mol. The van der Waals surface area contributed by atoms with E-state index in [9.17, 15) is 27.5 Å². The number of dihydropyridines is 1. The molecule has 0 radical (unpaired) electrons. The van der Waals surface area contributed by atoms with Crippen LogP contribution in [0.4, 0.5) is 23.2 Å². The maximum absolute atomic E-state index is 13.8. The molecule has 0 saturated heterocycles. The molecule has 1 aromatic carbocycles. The number of nitrogens with zero attached hydrogens (tertiary/aromatic N) is 2. The summed E-state index contributed by atoms with van der Waals surface area (Å²) in [4.78, 5) is 18.7. The zero-order valence-corrected chi connectivity index (χ0v) is 17.0. The third-order valence-electron chi connectivity index (χ3n) is 5.70. The number of aliphatic hydroxyl groups is 1. The first kappa shape index (κ1) is 22.3. The summed E-state index contributed by atoms with van der Waals surface area (Å²) in [5, 5.41) is 16.9. The van der Waals surface area contributed by atoms with Crippen molar-refractivity contribution in [3.63, 3.8) is 0 Å². The minimum atomic E-state index is -4.63. The topological polar surface area (TPSA) is 86.6 Å². The van der Waals surface area contributed by atoms with Crippen molar-refractivity contribution in [2.75, 3.05) is 5.32 Å². The Bertz CT molecular complexity index is 1080. The van der Waals surface area contributed by atoms with Crippen LogP contribution in [-0.2, 0) is 11.0 Å². The van der Waals surface area contributed by atoms with Gasteiger partial charge >= 0.3 is 6.18 Å². The van der Waals surface area contributed by atoms with Gasteiger partial charge in [-0.15, -0.1) is 0 Å². The second-order valence-corrected chi connectivity index (χ2v) is 8.08. The number of pyridine rings is 1. The van der Waals surface area contributed by atoms with Crippen molar-refractivity contribution in [1.29, 1.82) is 0 Å². The number of hydrogen-bond donors (Lipinski definition) is 3. The molecule has 1 saturated carbocycles. The Morgan fingerprint density at radius 2 is 1.94 bits per heavy atom. The summed E-state index contributed by atoms with van der Waals surface area (Å²) in [5.74, 6) is -0.893. The molecule has 0 bridgehead atoms. The van der Waals surface area contributed by atoms with Gasteiger partial charge < -0.3 is 10.4 Å². The fraction of sp³-hybridized carbons (Fsp3) is 0.409. The zero-order valence-electron chi connectivity index (χ0n) is 17.0. The lowest BCUT2D eigenvalue weighted by Crippen LogP contribution is -2.45. The molecule has 170 valence electrons. The Morgan fingerprint density at radius 3 is 2.69 bits per heavy atom. The van der Waals surface area contributed by atoms with E-state index in [0.29, 0.717) is 18.4 Å². The SMILES string of the molecule is O=C1CC(C(O)N[C@@H]2CCC[C@H](Nc3cc(C(F)(F)F)nc4ccc(F)cc34)C2)=CC=N1. The molecule has 1 aromatic heterocycles. The Hall–Kier alpha value is -2.85. The van der Waals surface area contributed by atoms with E-state index in [-0.39, 0.29) is 41.0 Å². The van der Waals surface area contributed by atoms with E-state index >= 15 is 0 Å². The highest BCUT2D eigenvalue weighted by Gasteiger charge is 2.34. The van der Waals surface area contributed by atoms with Gasteiger partial charge in [0.25, 0.3) is 0 Å². The number of allylic oxidation sites excluding steroid dienone is 1. The van der Waals surface area contributed by atoms with Crippen molar-refractivity contribution in [2.45, 2.75) is 56.6 Å². The zero-order chi connectivity index (χ0) is 22.9. The number of aliphatic imine (C=N–C) groups is 1. The Balaban J connectivity index is 1.51. The number of alkyl halides is 3. The number of nitrogens with one attached hydrogen (secondary N) is 2. The van der Waals surface area contributed by atoms with Crippen LogP contribution in [0, 0.1) is 5.82 Å². The Labute approximate surface area is 181 Å². The lowest BCUT2D eigenvalue weighted by Gasteiger charge is -2.33. The van der Waals surface area contributed by atoms with E-state index < -0.39 is 23.9 Å². The van der Waals surface area contributed by atoms with Gasteiger partial charge in [0.05, 0.1) is 11.9 Å². The summed E-state index contributed by atoms with van der Waals surface area (Å²) < 4.78 is 53.8. The summed E-state index contributed by atoms with van der Waals surface area (Å²) in [7, 11) is 0. The number of benzene rings is 1. The second kappa shape index (κ2) is 8.95. The standard InChI is InChI=1S/C22H22F4N4O2/c23-13-4-5-17-16(9-13)18(11-19(30-17)22(24,25)26)28-14-2-1-3-15(10-14)29-21(32)12-6-7-27-20(31)8-12/h4-7,9,11,14-15,21,29,32H,1-3,8,10H2,(H,28,30)/t14-,15+,21?/m0/s1. The summed E-state index contributed by atoms with van der Waals surface area (Å²) in [5.41, 5.74) is -0.300. The largest absolute Gasteiger partial charge is 0.433 e. The number of carbonyl (C=O) groups excluding carboxylic acids is 1. The molecule has 2 aromatic rings. The van der Waals surface area contributed by atoms with Gasteiger partial charge in [0.2, 0.25) is 5.91 Å². The molecule has 4 rings (SSSR count). The smallest absolute Gasteiger partial charge is 0.382 e. The molecule has 3 N–H and O–H groups in total. The van der Waals surface area contributed by atoms with Crippen LogP contribution in [0.2, 0.25) is 0 Å². The summed E-state index contributed by atoms with van der Waals surface area (Å²) >= 11 is 0. The van der Waals surface area contributed by atoms with Gasteiger partial charge in [-0.05, 0) is 61.6 Å². The molecule has 2 aliphatic rings. The van der Waals surface area contributed by atoms with Crippen molar-refractivity contribution in [3.8, 4) is 0 Å². The number of halogens is 4. The van der Waals surface area contributed by atoms with Crippen LogP contribution in [0.3, 0.4) is 0 Å². The minimum absolute atomic E-state index is 0.0356. The summed E-state index contributed by atoms with van der Waals surface area (Å²) in [6.45, 7) is 0. The van der Waals surface area contributed by atoms with Gasteiger partial charge in [-0.3, -0.25) is 10.1 Å². The molecule has 10 heteroatoms. The first-order valence-electron chi connectivity index (χ1n) is 10.3. The fourth-order valence-electron chi connectivity index (χ4n) is 4.17. The molecule has 32 heavy (non-hydrogen) atoms. The minimum Gasteiger partial charge on any atom is -0.382 e. The average Bonchev–Trinajstić information content (AvgIpc) is 2.73. The van der Waals surface area contributed by atoms with Crippen molar-refractivity contribution in [1.82, 2.24) is 10.3 Å². The molecule has 3 atom stereocenters. The lowest BCUT2D eigenvalue weighted by molar-refractivity contribution is -0.140. The van der Waals surface area contributed by atoms with E-state index in [1.54, 1.807) is 6.08 Å². The number of carbonyl (C=O) groups is 1. The molecule has 1 amide bonds. The maximum atomic E-state index is 13.8. The molecular weight excluding hydrogens is 428 g/mol. The number of amides is 1. The van der Waals surface area contributed by atoms with Crippen LogP contribution in [0.15, 0.2) is 40.9 Å². The van der Waals surface area contributed by atoms with Crippen LogP contribution in [0.5, 0.6) is 0 Å². The lowest BCUT2D eigenvalue weighted by atomic mass is 9.90. The number of aliphatic hydroxyl groups excluding tert-OH is 1. The Morgan fingerprint density at radius 1 is 1.16 bits per heavy atom. The second-order valence-electron chi connectivity index (χ2n) is 8.08. The highest BCUT2D eigenvalue weighted by Crippen LogP contribution is 2.34. The number of aromatic nitrogens is 1. The van der Waals surface area contributed by atoms with E-state index in [2.05, 4.69) is 20.6 Å². The van der Waals surface area contributed by atoms with Crippen molar-refractivity contribution in [2.24, 2.45) is 4.99 Å². The van der Waals surface area contributed by atoms with Crippen LogP contribution in [-0.4, -0.2) is 40.5 Å². The molecule has 2 heterocycles. The third-order valence-corrected chi connectivity index (χ3v) is 5.70. The maximum Gasteiger partial charge on any atom is 0.433 e. The van der Waals surface area contributed by atoms with Gasteiger partial charge in [-0.1, -0.05) is 0 Å². The van der Waals surface area contributed by atoms with Crippen molar-refractivity contribution < 1.29 is 27.5 Å². The first-order chi connectivity index (χ1) is 15.2. The average molecular weight is 450 g/mol. The molecule has 1 aliphatic heterocycles. The van der Waals surface area contributed by atoms with Gasteiger partial charge in [0.1, 0.15) is 17.7 Å². The number of anilines is 1. The molecule has 0 spiro atoms. The normalized spacial score (nSPS) is 22.7. The number of fused-ring (bicyclic) bond motifs is 1. The van der Waals surface area contributed by atoms with Gasteiger partial charge in [0.15, 0.2) is 0 Å². The van der Waals surface area contributed by atoms with Crippen molar-refractivity contribution in [3.05, 3.63) is 47.4 Å². The quantitative estimate of drug-likeness (QED) is 0.474. The molecule has 6 nitrogen and oxygen atoms in total. The van der Waals surface area contributed by atoms with E-state index in [0.717, 1.165) is 25.0 Å². The number of rotatable bonds is 5. The summed E-state index contributed by atoms with van der Waals surface area (Å²) in [6, 6.07) is 4.09. The van der Waals surface area contributed by atoms with Crippen LogP contribution in [0.1, 0.15) is 37.8 Å². The fourth-order valence-corrected chi connectivity index (χ4v) is 4.17. The van der Waals surface area contributed by atoms with Crippen molar-refractivity contribution >= 4 is 28.7 Å². The molecule has 1 aliphatic carbocycles. The highest BCUT2D eigenvalue weighted by atomic mass is 19.4.